The van der Waals surface area contributed by atoms with Crippen LogP contribution in [0, 0.1) is 0 Å². The first-order valence-electron chi connectivity index (χ1n) is 8.88. The summed E-state index contributed by atoms with van der Waals surface area (Å²) in [6.45, 7) is 0. The molecule has 2 N–H and O–H groups in total. The van der Waals surface area contributed by atoms with E-state index in [1.165, 1.54) is 11.3 Å². The van der Waals surface area contributed by atoms with Gasteiger partial charge in [0.25, 0.3) is 5.91 Å². The van der Waals surface area contributed by atoms with Gasteiger partial charge in [0, 0.05) is 22.4 Å². The van der Waals surface area contributed by atoms with E-state index < -0.39 is 0 Å². The molecule has 4 aromatic rings. The fourth-order valence-corrected chi connectivity index (χ4v) is 4.55. The van der Waals surface area contributed by atoms with Crippen molar-refractivity contribution in [1.82, 2.24) is 9.97 Å². The van der Waals surface area contributed by atoms with Gasteiger partial charge in [0.2, 0.25) is 0 Å². The third-order valence-electron chi connectivity index (χ3n) is 4.04. The maximum atomic E-state index is 12.9. The predicted octanol–water partition coefficient (Wildman–Crippen LogP) is 5.46. The zero-order valence-corrected chi connectivity index (χ0v) is 16.9. The average Bonchev–Trinajstić information content (AvgIpc) is 3.19. The first kappa shape index (κ1) is 19.2. The molecule has 29 heavy (non-hydrogen) atoms. The van der Waals surface area contributed by atoms with Gasteiger partial charge in [-0.25, -0.2) is 9.97 Å². The Morgan fingerprint density at radius 2 is 1.76 bits per heavy atom. The molecular formula is C22H17N3O2S2. The number of thiazole rings is 1. The number of carbonyl (C=O) groups is 1. The molecule has 0 saturated carbocycles. The Morgan fingerprint density at radius 1 is 1.00 bits per heavy atom. The minimum Gasteiger partial charge on any atom is -0.508 e. The number of hydrogen-bond acceptors (Lipinski definition) is 6. The molecule has 0 fully saturated rings. The van der Waals surface area contributed by atoms with Gasteiger partial charge in [-0.15, -0.1) is 23.1 Å². The molecule has 0 saturated heterocycles. The summed E-state index contributed by atoms with van der Waals surface area (Å²) in [4.78, 5) is 23.4. The monoisotopic (exact) mass is 419 g/mol. The summed E-state index contributed by atoms with van der Waals surface area (Å²) < 4.78 is 0. The van der Waals surface area contributed by atoms with Crippen LogP contribution in [0.15, 0.2) is 83.9 Å². The highest BCUT2D eigenvalue weighted by Gasteiger charge is 2.19. The highest BCUT2D eigenvalue weighted by atomic mass is 32.2. The van der Waals surface area contributed by atoms with Crippen LogP contribution in [0.2, 0.25) is 0 Å². The van der Waals surface area contributed by atoms with E-state index in [9.17, 15) is 9.90 Å². The third kappa shape index (κ3) is 4.82. The van der Waals surface area contributed by atoms with Gasteiger partial charge >= 0.3 is 0 Å². The Morgan fingerprint density at radius 3 is 2.48 bits per heavy atom. The Bertz CT molecular complexity index is 1100. The van der Waals surface area contributed by atoms with E-state index in [4.69, 9.17) is 4.98 Å². The first-order chi connectivity index (χ1) is 14.2. The summed E-state index contributed by atoms with van der Waals surface area (Å²) in [6, 6.07) is 22.2. The lowest BCUT2D eigenvalue weighted by atomic mass is 10.2. The number of thioether (sulfide) groups is 1. The number of nitrogens with one attached hydrogen (secondary N) is 1. The highest BCUT2D eigenvalue weighted by Crippen LogP contribution is 2.32. The van der Waals surface area contributed by atoms with Gasteiger partial charge in [0.1, 0.15) is 21.5 Å². The molecule has 0 aliphatic heterocycles. The van der Waals surface area contributed by atoms with E-state index in [2.05, 4.69) is 10.3 Å². The standard InChI is InChI=1S/C22H17N3O2S2/c26-16-9-11-17(12-10-16)28-14-18-20(21(27)25-19-8-4-5-13-23-19)29-22(24-18)15-6-2-1-3-7-15/h1-13,26H,14H2,(H,23,25,27). The summed E-state index contributed by atoms with van der Waals surface area (Å²) in [5.41, 5.74) is 1.70. The van der Waals surface area contributed by atoms with E-state index >= 15 is 0 Å². The van der Waals surface area contributed by atoms with Crippen LogP contribution in [0.25, 0.3) is 10.6 Å². The van der Waals surface area contributed by atoms with Gasteiger partial charge in [0.05, 0.1) is 5.69 Å². The Hall–Kier alpha value is -3.16. The van der Waals surface area contributed by atoms with E-state index in [0.29, 0.717) is 16.4 Å². The summed E-state index contributed by atoms with van der Waals surface area (Å²) in [6.07, 6.45) is 1.64. The van der Waals surface area contributed by atoms with Crippen LogP contribution in [-0.4, -0.2) is 21.0 Å². The van der Waals surface area contributed by atoms with Crippen molar-refractivity contribution in [2.75, 3.05) is 5.32 Å². The Kier molecular flexibility index (Phi) is 5.88. The number of benzene rings is 2. The van der Waals surface area contributed by atoms with Gasteiger partial charge in [-0.05, 0) is 36.4 Å². The van der Waals surface area contributed by atoms with Crippen molar-refractivity contribution >= 4 is 34.8 Å². The van der Waals surface area contributed by atoms with Crippen LogP contribution in [0.3, 0.4) is 0 Å². The number of phenolic OH excluding ortho intramolecular Hbond substituents is 1. The lowest BCUT2D eigenvalue weighted by Gasteiger charge is -2.04. The molecule has 0 unspecified atom stereocenters. The van der Waals surface area contributed by atoms with Crippen molar-refractivity contribution in [2.45, 2.75) is 10.6 Å². The first-order valence-corrected chi connectivity index (χ1v) is 10.7. The van der Waals surface area contributed by atoms with Crippen molar-refractivity contribution in [3.05, 3.63) is 89.6 Å². The molecule has 2 heterocycles. The van der Waals surface area contributed by atoms with E-state index in [1.807, 2.05) is 48.5 Å². The van der Waals surface area contributed by atoms with Gasteiger partial charge in [0.15, 0.2) is 0 Å². The Labute approximate surface area is 176 Å². The largest absolute Gasteiger partial charge is 0.508 e. The second-order valence-electron chi connectivity index (χ2n) is 6.11. The van der Waals surface area contributed by atoms with E-state index in [1.54, 1.807) is 42.2 Å². The molecule has 0 bridgehead atoms. The van der Waals surface area contributed by atoms with Crippen LogP contribution in [-0.2, 0) is 5.75 Å². The Balaban J connectivity index is 1.61. The van der Waals surface area contributed by atoms with E-state index in [0.717, 1.165) is 21.2 Å². The minimum absolute atomic E-state index is 0.218. The molecule has 1 amide bonds. The number of aromatic hydroxyl groups is 1. The molecule has 0 aliphatic carbocycles. The maximum absolute atomic E-state index is 12.9. The van der Waals surface area contributed by atoms with E-state index in [-0.39, 0.29) is 11.7 Å². The van der Waals surface area contributed by atoms with Crippen molar-refractivity contribution < 1.29 is 9.90 Å². The number of hydrogen-bond donors (Lipinski definition) is 2. The van der Waals surface area contributed by atoms with Crippen molar-refractivity contribution in [2.24, 2.45) is 0 Å². The second kappa shape index (κ2) is 8.89. The molecule has 0 atom stereocenters. The molecule has 4 rings (SSSR count). The van der Waals surface area contributed by atoms with Crippen LogP contribution >= 0.6 is 23.1 Å². The second-order valence-corrected chi connectivity index (χ2v) is 8.16. The molecule has 2 aromatic heterocycles. The number of nitrogens with zero attached hydrogens (tertiary/aromatic N) is 2. The molecule has 0 spiro atoms. The number of aromatic nitrogens is 2. The average molecular weight is 420 g/mol. The molecule has 2 aromatic carbocycles. The molecule has 0 aliphatic rings. The summed E-state index contributed by atoms with van der Waals surface area (Å²) >= 11 is 2.94. The summed E-state index contributed by atoms with van der Waals surface area (Å²) in [7, 11) is 0. The van der Waals surface area contributed by atoms with Crippen LogP contribution < -0.4 is 5.32 Å². The smallest absolute Gasteiger partial charge is 0.268 e. The normalized spacial score (nSPS) is 10.6. The van der Waals surface area contributed by atoms with Crippen LogP contribution in [0.4, 0.5) is 5.82 Å². The van der Waals surface area contributed by atoms with Gasteiger partial charge in [-0.3, -0.25) is 4.79 Å². The summed E-state index contributed by atoms with van der Waals surface area (Å²) in [5.74, 6) is 1.05. The number of amides is 1. The minimum atomic E-state index is -0.218. The van der Waals surface area contributed by atoms with Crippen molar-refractivity contribution in [3.63, 3.8) is 0 Å². The zero-order valence-electron chi connectivity index (χ0n) is 15.3. The van der Waals surface area contributed by atoms with Gasteiger partial charge in [-0.1, -0.05) is 36.4 Å². The van der Waals surface area contributed by atoms with Gasteiger partial charge < -0.3 is 10.4 Å². The molecule has 0 radical (unpaired) electrons. The SMILES string of the molecule is O=C(Nc1ccccn1)c1sc(-c2ccccc2)nc1CSc1ccc(O)cc1. The molecule has 144 valence electrons. The topological polar surface area (TPSA) is 75.1 Å². The molecular weight excluding hydrogens is 402 g/mol. The number of anilines is 1. The number of carbonyl (C=O) groups excluding carboxylic acids is 1. The van der Waals surface area contributed by atoms with Crippen LogP contribution in [0.5, 0.6) is 5.75 Å². The lowest BCUT2D eigenvalue weighted by Crippen LogP contribution is -2.13. The lowest BCUT2D eigenvalue weighted by molar-refractivity contribution is 0.102. The van der Waals surface area contributed by atoms with Gasteiger partial charge in [-0.2, -0.15) is 0 Å². The van der Waals surface area contributed by atoms with Crippen molar-refractivity contribution in [3.8, 4) is 16.3 Å². The fraction of sp³-hybridized carbons (Fsp3) is 0.0455. The highest BCUT2D eigenvalue weighted by molar-refractivity contribution is 7.98. The predicted molar refractivity (Wildman–Crippen MR) is 117 cm³/mol. The maximum Gasteiger partial charge on any atom is 0.268 e. The third-order valence-corrected chi connectivity index (χ3v) is 6.21. The fourth-order valence-electron chi connectivity index (χ4n) is 2.64. The van der Waals surface area contributed by atoms with Crippen molar-refractivity contribution in [1.29, 1.82) is 0 Å². The number of phenols is 1. The van der Waals surface area contributed by atoms with Crippen LogP contribution in [0.1, 0.15) is 15.4 Å². The quantitative estimate of drug-likeness (QED) is 0.406. The number of pyridine rings is 1. The molecule has 5 nitrogen and oxygen atoms in total. The zero-order chi connectivity index (χ0) is 20.1. The number of rotatable bonds is 6. The summed E-state index contributed by atoms with van der Waals surface area (Å²) in [5, 5.41) is 13.1. The molecule has 7 heteroatoms.